The van der Waals surface area contributed by atoms with Crippen LogP contribution in [0.1, 0.15) is 19.2 Å². The fourth-order valence-corrected chi connectivity index (χ4v) is 2.15. The number of halogens is 2. The zero-order valence-electron chi connectivity index (χ0n) is 10.6. The molecule has 1 aromatic carbocycles. The molecule has 0 amide bonds. The maximum atomic E-state index is 13.9. The minimum absolute atomic E-state index is 0.0168. The van der Waals surface area contributed by atoms with Crippen molar-refractivity contribution in [2.45, 2.75) is 19.8 Å². The van der Waals surface area contributed by atoms with Gasteiger partial charge < -0.3 is 9.52 Å². The quantitative estimate of drug-likeness (QED) is 0.902. The van der Waals surface area contributed by atoms with Gasteiger partial charge in [0.15, 0.2) is 0 Å². The average molecular weight is 343 g/mol. The molecular formula is C13H12BrFN2O3. The summed E-state index contributed by atoms with van der Waals surface area (Å²) in [7, 11) is 0. The SMILES string of the molecule is CC(CC(=O)O)Cc1nnc(-c2cccc(Br)c2F)o1. The second kappa shape index (κ2) is 6.13. The highest BCUT2D eigenvalue weighted by atomic mass is 79.9. The number of carboxylic acids is 1. The van der Waals surface area contributed by atoms with Crippen molar-refractivity contribution in [1.82, 2.24) is 10.2 Å². The minimum Gasteiger partial charge on any atom is -0.481 e. The van der Waals surface area contributed by atoms with E-state index in [-0.39, 0.29) is 23.8 Å². The molecule has 1 N–H and O–H groups in total. The molecule has 0 fully saturated rings. The molecule has 1 heterocycles. The number of aromatic nitrogens is 2. The summed E-state index contributed by atoms with van der Waals surface area (Å²) in [5, 5.41) is 16.3. The molecule has 1 unspecified atom stereocenters. The van der Waals surface area contributed by atoms with Crippen molar-refractivity contribution < 1.29 is 18.7 Å². The van der Waals surface area contributed by atoms with Crippen LogP contribution in [0.25, 0.3) is 11.5 Å². The Kier molecular flexibility index (Phi) is 4.49. The lowest BCUT2D eigenvalue weighted by Gasteiger charge is -2.03. The third kappa shape index (κ3) is 3.41. The van der Waals surface area contributed by atoms with Gasteiger partial charge >= 0.3 is 5.97 Å². The zero-order valence-corrected chi connectivity index (χ0v) is 12.2. The van der Waals surface area contributed by atoms with Crippen LogP contribution in [0.3, 0.4) is 0 Å². The van der Waals surface area contributed by atoms with Crippen molar-refractivity contribution in [2.75, 3.05) is 0 Å². The van der Waals surface area contributed by atoms with Gasteiger partial charge in [0.1, 0.15) is 5.82 Å². The van der Waals surface area contributed by atoms with Crippen LogP contribution in [0, 0.1) is 11.7 Å². The fraction of sp³-hybridized carbons (Fsp3) is 0.308. The van der Waals surface area contributed by atoms with E-state index < -0.39 is 11.8 Å². The molecule has 1 aromatic heterocycles. The molecular weight excluding hydrogens is 331 g/mol. The number of carbonyl (C=O) groups is 1. The van der Waals surface area contributed by atoms with Crippen LogP contribution in [0.4, 0.5) is 4.39 Å². The van der Waals surface area contributed by atoms with Gasteiger partial charge in [0, 0.05) is 12.8 Å². The van der Waals surface area contributed by atoms with E-state index in [1.807, 2.05) is 0 Å². The highest BCUT2D eigenvalue weighted by Gasteiger charge is 2.17. The summed E-state index contributed by atoms with van der Waals surface area (Å²) in [6.07, 6.45) is 0.359. The normalized spacial score (nSPS) is 12.3. The first-order valence-corrected chi connectivity index (χ1v) is 6.75. The van der Waals surface area contributed by atoms with E-state index in [2.05, 4.69) is 26.1 Å². The Morgan fingerprint density at radius 2 is 2.25 bits per heavy atom. The molecule has 20 heavy (non-hydrogen) atoms. The second-order valence-corrected chi connectivity index (χ2v) is 5.36. The topological polar surface area (TPSA) is 76.2 Å². The van der Waals surface area contributed by atoms with Crippen LogP contribution in [-0.4, -0.2) is 21.3 Å². The van der Waals surface area contributed by atoms with Gasteiger partial charge in [0.25, 0.3) is 5.89 Å². The van der Waals surface area contributed by atoms with Crippen molar-refractivity contribution in [3.8, 4) is 11.5 Å². The van der Waals surface area contributed by atoms with E-state index >= 15 is 0 Å². The maximum absolute atomic E-state index is 13.9. The Hall–Kier alpha value is -1.76. The Morgan fingerprint density at radius 3 is 2.95 bits per heavy atom. The third-order valence-electron chi connectivity index (χ3n) is 2.70. The van der Waals surface area contributed by atoms with Crippen LogP contribution in [0.2, 0.25) is 0 Å². The molecule has 0 aliphatic carbocycles. The molecule has 2 rings (SSSR count). The molecule has 1 atom stereocenters. The van der Waals surface area contributed by atoms with Gasteiger partial charge in [-0.15, -0.1) is 10.2 Å². The summed E-state index contributed by atoms with van der Waals surface area (Å²) in [6, 6.07) is 4.78. The van der Waals surface area contributed by atoms with Crippen molar-refractivity contribution >= 4 is 21.9 Å². The molecule has 0 aliphatic rings. The Labute approximate surface area is 123 Å². The molecule has 0 spiro atoms. The van der Waals surface area contributed by atoms with E-state index in [1.165, 1.54) is 6.07 Å². The van der Waals surface area contributed by atoms with Gasteiger partial charge in [0.2, 0.25) is 5.89 Å². The van der Waals surface area contributed by atoms with Gasteiger partial charge in [-0.05, 0) is 34.0 Å². The van der Waals surface area contributed by atoms with Crippen LogP contribution < -0.4 is 0 Å². The smallest absolute Gasteiger partial charge is 0.303 e. The predicted octanol–water partition coefficient (Wildman–Crippen LogP) is 3.29. The molecule has 0 saturated heterocycles. The summed E-state index contributed by atoms with van der Waals surface area (Å²) in [5.41, 5.74) is 0.212. The number of hydrogen-bond acceptors (Lipinski definition) is 4. The second-order valence-electron chi connectivity index (χ2n) is 4.51. The highest BCUT2D eigenvalue weighted by molar-refractivity contribution is 9.10. The van der Waals surface area contributed by atoms with Crippen LogP contribution in [0.15, 0.2) is 27.1 Å². The van der Waals surface area contributed by atoms with E-state index in [4.69, 9.17) is 9.52 Å². The fourth-order valence-electron chi connectivity index (χ4n) is 1.78. The highest BCUT2D eigenvalue weighted by Crippen LogP contribution is 2.27. The molecule has 106 valence electrons. The summed E-state index contributed by atoms with van der Waals surface area (Å²) in [4.78, 5) is 10.6. The van der Waals surface area contributed by atoms with E-state index in [1.54, 1.807) is 19.1 Å². The van der Waals surface area contributed by atoms with E-state index in [9.17, 15) is 9.18 Å². The first kappa shape index (κ1) is 14.6. The Bertz CT molecular complexity index is 630. The Balaban J connectivity index is 2.17. The lowest BCUT2D eigenvalue weighted by Crippen LogP contribution is -2.07. The van der Waals surface area contributed by atoms with Crippen molar-refractivity contribution in [3.63, 3.8) is 0 Å². The third-order valence-corrected chi connectivity index (χ3v) is 3.31. The van der Waals surface area contributed by atoms with Crippen molar-refractivity contribution in [3.05, 3.63) is 34.4 Å². The predicted molar refractivity (Wildman–Crippen MR) is 72.5 cm³/mol. The molecule has 0 saturated carbocycles. The molecule has 0 aliphatic heterocycles. The molecule has 2 aromatic rings. The van der Waals surface area contributed by atoms with Gasteiger partial charge in [-0.3, -0.25) is 4.79 Å². The van der Waals surface area contributed by atoms with Gasteiger partial charge in [0.05, 0.1) is 10.0 Å². The van der Waals surface area contributed by atoms with E-state index in [0.717, 1.165) is 0 Å². The lowest BCUT2D eigenvalue weighted by atomic mass is 10.0. The summed E-state index contributed by atoms with van der Waals surface area (Å²) < 4.78 is 19.6. The van der Waals surface area contributed by atoms with Crippen LogP contribution >= 0.6 is 15.9 Å². The van der Waals surface area contributed by atoms with Gasteiger partial charge in [-0.2, -0.15) is 0 Å². The van der Waals surface area contributed by atoms with Gasteiger partial charge in [-0.1, -0.05) is 13.0 Å². The van der Waals surface area contributed by atoms with Crippen molar-refractivity contribution in [2.24, 2.45) is 5.92 Å². The number of carboxylic acid groups (broad SMARTS) is 1. The van der Waals surface area contributed by atoms with Crippen LogP contribution in [-0.2, 0) is 11.2 Å². The lowest BCUT2D eigenvalue weighted by molar-refractivity contribution is -0.137. The molecule has 7 heteroatoms. The number of aliphatic carboxylic acids is 1. The Morgan fingerprint density at radius 1 is 1.50 bits per heavy atom. The summed E-state index contributed by atoms with van der Waals surface area (Å²) >= 11 is 3.09. The number of benzene rings is 1. The molecule has 5 nitrogen and oxygen atoms in total. The number of hydrogen-bond donors (Lipinski definition) is 1. The largest absolute Gasteiger partial charge is 0.481 e. The summed E-state index contributed by atoms with van der Waals surface area (Å²) in [5.74, 6) is -1.10. The zero-order chi connectivity index (χ0) is 14.7. The number of nitrogens with zero attached hydrogens (tertiary/aromatic N) is 2. The molecule has 0 radical (unpaired) electrons. The minimum atomic E-state index is -0.879. The van der Waals surface area contributed by atoms with Gasteiger partial charge in [-0.25, -0.2) is 4.39 Å². The molecule has 0 bridgehead atoms. The van der Waals surface area contributed by atoms with Crippen LogP contribution in [0.5, 0.6) is 0 Å². The van der Waals surface area contributed by atoms with E-state index in [0.29, 0.717) is 16.8 Å². The maximum Gasteiger partial charge on any atom is 0.303 e. The monoisotopic (exact) mass is 342 g/mol. The summed E-state index contributed by atoms with van der Waals surface area (Å²) in [6.45, 7) is 1.78. The number of rotatable bonds is 5. The first-order valence-electron chi connectivity index (χ1n) is 5.96. The van der Waals surface area contributed by atoms with Crippen molar-refractivity contribution in [1.29, 1.82) is 0 Å². The standard InChI is InChI=1S/C13H12BrFN2O3/c1-7(6-11(18)19)5-10-16-17-13(20-10)8-3-2-4-9(14)12(8)15/h2-4,7H,5-6H2,1H3,(H,18,19). The first-order chi connectivity index (χ1) is 9.47. The average Bonchev–Trinajstić information content (AvgIpc) is 2.79.